The van der Waals surface area contributed by atoms with Crippen LogP contribution in [0.5, 0.6) is 11.5 Å². The van der Waals surface area contributed by atoms with Gasteiger partial charge in [0.05, 0.1) is 26.9 Å². The van der Waals surface area contributed by atoms with Crippen molar-refractivity contribution in [2.75, 3.05) is 27.9 Å². The van der Waals surface area contributed by atoms with Crippen LogP contribution in [-0.2, 0) is 28.5 Å². The quantitative estimate of drug-likeness (QED) is 0.337. The van der Waals surface area contributed by atoms with Crippen LogP contribution in [0.3, 0.4) is 0 Å². The Morgan fingerprint density at radius 2 is 1.62 bits per heavy atom. The first-order chi connectivity index (χ1) is 17.8. The highest BCUT2D eigenvalue weighted by Gasteiger charge is 2.38. The minimum Gasteiger partial charge on any atom is -0.493 e. The van der Waals surface area contributed by atoms with Crippen LogP contribution in [0.1, 0.15) is 46.3 Å². The van der Waals surface area contributed by atoms with Crippen molar-refractivity contribution in [3.63, 3.8) is 0 Å². The Bertz CT molecular complexity index is 1210. The molecule has 3 aromatic carbocycles. The summed E-state index contributed by atoms with van der Waals surface area (Å²) < 4.78 is 55.4. The van der Waals surface area contributed by atoms with Crippen LogP contribution in [0.4, 0.5) is 13.2 Å². The summed E-state index contributed by atoms with van der Waals surface area (Å²) in [4.78, 5) is 15.2. The van der Waals surface area contributed by atoms with Crippen molar-refractivity contribution in [1.82, 2.24) is 4.90 Å². The second kappa shape index (κ2) is 11.3. The van der Waals surface area contributed by atoms with Gasteiger partial charge in [-0.15, -0.1) is 0 Å². The smallest absolute Gasteiger partial charge is 0.416 e. The highest BCUT2D eigenvalue weighted by atomic mass is 19.4. The van der Waals surface area contributed by atoms with Gasteiger partial charge in [-0.1, -0.05) is 42.5 Å². The monoisotopic (exact) mass is 513 g/mol. The molecule has 0 aromatic heterocycles. The summed E-state index contributed by atoms with van der Waals surface area (Å²) in [6.07, 6.45) is -2.59. The molecule has 2 atom stereocenters. The van der Waals surface area contributed by atoms with Crippen LogP contribution in [0, 0.1) is 0 Å². The molecule has 0 saturated heterocycles. The molecule has 1 heterocycles. The number of hydrogen-bond donors (Lipinski definition) is 0. The van der Waals surface area contributed by atoms with Crippen LogP contribution in [0.25, 0.3) is 0 Å². The third-order valence-electron chi connectivity index (χ3n) is 6.90. The molecule has 1 aliphatic rings. The Balaban J connectivity index is 1.73. The molecule has 8 heteroatoms. The number of hydrogen-bond acceptors (Lipinski definition) is 5. The average Bonchev–Trinajstić information content (AvgIpc) is 2.91. The lowest BCUT2D eigenvalue weighted by Gasteiger charge is -2.41. The van der Waals surface area contributed by atoms with Crippen LogP contribution < -0.4 is 9.47 Å². The number of aryl methyl sites for hydroxylation is 1. The van der Waals surface area contributed by atoms with Crippen molar-refractivity contribution in [3.05, 3.63) is 94.5 Å². The van der Waals surface area contributed by atoms with E-state index in [2.05, 4.69) is 4.90 Å². The molecular formula is C29H30F3NO4. The fourth-order valence-electron chi connectivity index (χ4n) is 5.05. The Labute approximate surface area is 214 Å². The third kappa shape index (κ3) is 5.74. The molecule has 2 unspecified atom stereocenters. The van der Waals surface area contributed by atoms with Gasteiger partial charge < -0.3 is 14.2 Å². The standard InChI is InChI=1S/C29H30F3NO4/c1-35-25-17-21-15-16-33(27(28(34)37-3)20-7-5-4-6-8-20)24(23(21)18-26(25)36-2)14-11-19-9-12-22(13-10-19)29(30,31)32/h4-10,12-13,17-18,24,27H,11,14-16H2,1-3H3. The zero-order chi connectivity index (χ0) is 26.6. The van der Waals surface area contributed by atoms with Crippen LogP contribution in [-0.4, -0.2) is 38.7 Å². The SMILES string of the molecule is COC(=O)C(c1ccccc1)N1CCc2cc(OC)c(OC)cc2C1CCc1ccc(C(F)(F)F)cc1. The van der Waals surface area contributed by atoms with E-state index in [1.807, 2.05) is 42.5 Å². The topological polar surface area (TPSA) is 48.0 Å². The van der Waals surface area contributed by atoms with E-state index < -0.39 is 17.8 Å². The van der Waals surface area contributed by atoms with Crippen LogP contribution in [0.15, 0.2) is 66.7 Å². The maximum Gasteiger partial charge on any atom is 0.416 e. The van der Waals surface area contributed by atoms with Crippen LogP contribution >= 0.6 is 0 Å². The Morgan fingerprint density at radius 3 is 2.22 bits per heavy atom. The van der Waals surface area contributed by atoms with Crippen molar-refractivity contribution in [3.8, 4) is 11.5 Å². The van der Waals surface area contributed by atoms with Crippen molar-refractivity contribution >= 4 is 5.97 Å². The number of rotatable bonds is 8. The summed E-state index contributed by atoms with van der Waals surface area (Å²) in [5, 5.41) is 0. The van der Waals surface area contributed by atoms with Gasteiger partial charge in [0.2, 0.25) is 0 Å². The summed E-state index contributed by atoms with van der Waals surface area (Å²) in [5.41, 5.74) is 3.02. The summed E-state index contributed by atoms with van der Waals surface area (Å²) in [5.74, 6) is 0.843. The van der Waals surface area contributed by atoms with E-state index in [9.17, 15) is 18.0 Å². The van der Waals surface area contributed by atoms with Gasteiger partial charge in [-0.3, -0.25) is 4.90 Å². The number of alkyl halides is 3. The largest absolute Gasteiger partial charge is 0.493 e. The molecule has 0 fully saturated rings. The van der Waals surface area contributed by atoms with Crippen molar-refractivity contribution in [1.29, 1.82) is 0 Å². The first-order valence-corrected chi connectivity index (χ1v) is 12.1. The Hall–Kier alpha value is -3.52. The molecule has 5 nitrogen and oxygen atoms in total. The Morgan fingerprint density at radius 1 is 0.973 bits per heavy atom. The van der Waals surface area contributed by atoms with Crippen molar-refractivity contribution in [2.45, 2.75) is 37.5 Å². The number of benzene rings is 3. The fraction of sp³-hybridized carbons (Fsp3) is 0.345. The van der Waals surface area contributed by atoms with Gasteiger partial charge in [-0.25, -0.2) is 4.79 Å². The number of methoxy groups -OCH3 is 3. The maximum absolute atomic E-state index is 13.1. The lowest BCUT2D eigenvalue weighted by Crippen LogP contribution is -2.42. The third-order valence-corrected chi connectivity index (χ3v) is 6.90. The molecule has 0 saturated carbocycles. The molecular weight excluding hydrogens is 483 g/mol. The van der Waals surface area contributed by atoms with Gasteiger partial charge in [-0.05, 0) is 65.8 Å². The number of halogens is 3. The van der Waals surface area contributed by atoms with Gasteiger partial charge in [0, 0.05) is 12.6 Å². The number of carbonyl (C=O) groups is 1. The van der Waals surface area contributed by atoms with Gasteiger partial charge in [0.1, 0.15) is 6.04 Å². The first kappa shape index (κ1) is 26.5. The van der Waals surface area contributed by atoms with Crippen molar-refractivity contribution in [2.24, 2.45) is 0 Å². The lowest BCUT2D eigenvalue weighted by atomic mass is 9.86. The highest BCUT2D eigenvalue weighted by Crippen LogP contribution is 2.43. The zero-order valence-corrected chi connectivity index (χ0v) is 21.0. The van der Waals surface area contributed by atoms with E-state index in [0.29, 0.717) is 37.3 Å². The summed E-state index contributed by atoms with van der Waals surface area (Å²) in [7, 11) is 4.54. The lowest BCUT2D eigenvalue weighted by molar-refractivity contribution is -0.149. The number of carbonyl (C=O) groups excluding carboxylic acids is 1. The van der Waals surface area contributed by atoms with E-state index in [1.54, 1.807) is 14.2 Å². The molecule has 0 spiro atoms. The predicted molar refractivity (Wildman–Crippen MR) is 134 cm³/mol. The summed E-state index contributed by atoms with van der Waals surface area (Å²) in [6, 6.07) is 17.8. The predicted octanol–water partition coefficient (Wildman–Crippen LogP) is 6.17. The normalized spacial score (nSPS) is 16.5. The molecule has 0 bridgehead atoms. The molecule has 4 rings (SSSR count). The molecule has 37 heavy (non-hydrogen) atoms. The molecule has 0 amide bonds. The summed E-state index contributed by atoms with van der Waals surface area (Å²) in [6.45, 7) is 0.592. The summed E-state index contributed by atoms with van der Waals surface area (Å²) >= 11 is 0. The molecule has 0 radical (unpaired) electrons. The molecule has 0 N–H and O–H groups in total. The minimum absolute atomic E-state index is 0.213. The fourth-order valence-corrected chi connectivity index (χ4v) is 5.05. The van der Waals surface area contributed by atoms with Gasteiger partial charge in [-0.2, -0.15) is 13.2 Å². The van der Waals surface area contributed by atoms with E-state index in [-0.39, 0.29) is 12.0 Å². The van der Waals surface area contributed by atoms with Crippen molar-refractivity contribution < 1.29 is 32.2 Å². The number of nitrogens with zero attached hydrogens (tertiary/aromatic N) is 1. The second-order valence-corrected chi connectivity index (χ2v) is 8.98. The molecule has 1 aliphatic heterocycles. The van der Waals surface area contributed by atoms with Gasteiger partial charge in [0.25, 0.3) is 0 Å². The van der Waals surface area contributed by atoms with E-state index in [4.69, 9.17) is 14.2 Å². The van der Waals surface area contributed by atoms with Gasteiger partial charge >= 0.3 is 12.1 Å². The minimum atomic E-state index is -4.38. The van der Waals surface area contributed by atoms with Gasteiger partial charge in [0.15, 0.2) is 11.5 Å². The number of fused-ring (bicyclic) bond motifs is 1. The van der Waals surface area contributed by atoms with E-state index >= 15 is 0 Å². The molecule has 0 aliphatic carbocycles. The molecule has 196 valence electrons. The first-order valence-electron chi connectivity index (χ1n) is 12.1. The number of esters is 1. The average molecular weight is 514 g/mol. The van der Waals surface area contributed by atoms with Crippen LogP contribution in [0.2, 0.25) is 0 Å². The van der Waals surface area contributed by atoms with E-state index in [1.165, 1.54) is 19.2 Å². The Kier molecular flexibility index (Phi) is 8.07. The van der Waals surface area contributed by atoms with E-state index in [0.717, 1.165) is 34.4 Å². The second-order valence-electron chi connectivity index (χ2n) is 8.98. The molecule has 3 aromatic rings. The zero-order valence-electron chi connectivity index (χ0n) is 21.0. The highest BCUT2D eigenvalue weighted by molar-refractivity contribution is 5.77. The maximum atomic E-state index is 13.1. The number of ether oxygens (including phenoxy) is 3.